The molecule has 0 aliphatic heterocycles. The fourth-order valence-corrected chi connectivity index (χ4v) is 2.19. The second-order valence-electron chi connectivity index (χ2n) is 5.93. The Morgan fingerprint density at radius 3 is 2.50 bits per heavy atom. The van der Waals surface area contributed by atoms with Crippen molar-refractivity contribution in [1.29, 1.82) is 0 Å². The molecule has 1 aromatic heterocycles. The van der Waals surface area contributed by atoms with Gasteiger partial charge < -0.3 is 9.84 Å². The topological polar surface area (TPSA) is 67.6 Å². The fourth-order valence-electron chi connectivity index (χ4n) is 2.19. The Balaban J connectivity index is 2.98. The molecule has 0 aliphatic carbocycles. The summed E-state index contributed by atoms with van der Waals surface area (Å²) < 4.78 is 7.10. The number of carbonyl (C=O) groups is 1. The minimum atomic E-state index is -0.783. The van der Waals surface area contributed by atoms with Gasteiger partial charge in [0.05, 0.1) is 24.8 Å². The van der Waals surface area contributed by atoms with Gasteiger partial charge in [0, 0.05) is 25.7 Å². The van der Waals surface area contributed by atoms with Crippen molar-refractivity contribution in [1.82, 2.24) is 14.7 Å². The third kappa shape index (κ3) is 3.96. The molecule has 0 unspecified atom stereocenters. The highest BCUT2D eigenvalue weighted by molar-refractivity contribution is 5.66. The zero-order valence-electron chi connectivity index (χ0n) is 13.2. The summed E-state index contributed by atoms with van der Waals surface area (Å²) in [6, 6.07) is 0. The molecule has 0 atom stereocenters. The fraction of sp³-hybridized carbons (Fsp3) is 0.714. The maximum absolute atomic E-state index is 10.8. The molecule has 114 valence electrons. The molecule has 0 amide bonds. The van der Waals surface area contributed by atoms with Crippen molar-refractivity contribution < 1.29 is 14.6 Å². The number of hydrogen-bond donors (Lipinski definition) is 1. The van der Waals surface area contributed by atoms with Gasteiger partial charge in [0.1, 0.15) is 0 Å². The number of carboxylic acids is 1. The normalized spacial score (nSPS) is 11.9. The average Bonchev–Trinajstić information content (AvgIpc) is 2.56. The van der Waals surface area contributed by atoms with E-state index in [1.807, 2.05) is 14.0 Å². The van der Waals surface area contributed by atoms with E-state index in [0.29, 0.717) is 13.1 Å². The summed E-state index contributed by atoms with van der Waals surface area (Å²) in [6.07, 6.45) is 0.124. The highest BCUT2D eigenvalue weighted by atomic mass is 16.5. The monoisotopic (exact) mass is 283 g/mol. The first kappa shape index (κ1) is 16.5. The van der Waals surface area contributed by atoms with E-state index in [1.165, 1.54) is 0 Å². The third-order valence-corrected chi connectivity index (χ3v) is 3.38. The molecular formula is C14H25N3O3. The van der Waals surface area contributed by atoms with Crippen molar-refractivity contribution in [3.05, 3.63) is 11.3 Å². The highest BCUT2D eigenvalue weighted by Crippen LogP contribution is 2.26. The molecule has 0 fully saturated rings. The van der Waals surface area contributed by atoms with Gasteiger partial charge in [-0.25, -0.2) is 4.68 Å². The number of methoxy groups -OCH3 is 1. The maximum Gasteiger partial charge on any atom is 0.304 e. The van der Waals surface area contributed by atoms with Crippen LogP contribution >= 0.6 is 0 Å². The van der Waals surface area contributed by atoms with Gasteiger partial charge >= 0.3 is 5.97 Å². The van der Waals surface area contributed by atoms with Crippen LogP contribution in [-0.2, 0) is 18.4 Å². The first-order valence-corrected chi connectivity index (χ1v) is 6.70. The van der Waals surface area contributed by atoms with Crippen LogP contribution in [0.4, 0.5) is 0 Å². The van der Waals surface area contributed by atoms with Gasteiger partial charge in [0.2, 0.25) is 5.88 Å². The Morgan fingerprint density at radius 1 is 1.45 bits per heavy atom. The van der Waals surface area contributed by atoms with Crippen LogP contribution < -0.4 is 4.74 Å². The van der Waals surface area contributed by atoms with Crippen molar-refractivity contribution in [3.8, 4) is 5.88 Å². The summed E-state index contributed by atoms with van der Waals surface area (Å²) in [5.41, 5.74) is 1.80. The lowest BCUT2D eigenvalue weighted by atomic mass is 10.0. The van der Waals surface area contributed by atoms with Gasteiger partial charge in [-0.2, -0.15) is 5.10 Å². The van der Waals surface area contributed by atoms with Crippen LogP contribution in [0, 0.1) is 6.92 Å². The first-order valence-electron chi connectivity index (χ1n) is 6.70. The van der Waals surface area contributed by atoms with Crippen LogP contribution in [0.15, 0.2) is 0 Å². The number of aromatic nitrogens is 2. The summed E-state index contributed by atoms with van der Waals surface area (Å²) in [7, 11) is 3.46. The number of hydrogen-bond acceptors (Lipinski definition) is 4. The lowest BCUT2D eigenvalue weighted by molar-refractivity contribution is -0.137. The summed E-state index contributed by atoms with van der Waals surface area (Å²) in [4.78, 5) is 12.9. The van der Waals surface area contributed by atoms with Crippen molar-refractivity contribution in [3.63, 3.8) is 0 Å². The smallest absolute Gasteiger partial charge is 0.304 e. The van der Waals surface area contributed by atoms with E-state index in [9.17, 15) is 4.79 Å². The summed E-state index contributed by atoms with van der Waals surface area (Å²) in [5.74, 6) is -0.0544. The van der Waals surface area contributed by atoms with Gasteiger partial charge in [-0.1, -0.05) is 0 Å². The van der Waals surface area contributed by atoms with E-state index >= 15 is 0 Å². The second-order valence-corrected chi connectivity index (χ2v) is 5.93. The first-order chi connectivity index (χ1) is 9.16. The molecule has 0 aromatic carbocycles. The lowest BCUT2D eigenvalue weighted by Crippen LogP contribution is -2.42. The zero-order chi connectivity index (χ0) is 15.5. The average molecular weight is 283 g/mol. The highest BCUT2D eigenvalue weighted by Gasteiger charge is 2.25. The maximum atomic E-state index is 10.8. The third-order valence-electron chi connectivity index (χ3n) is 3.38. The Hall–Kier alpha value is -1.56. The molecule has 0 radical (unpaired) electrons. The minimum absolute atomic E-state index is 0.122. The van der Waals surface area contributed by atoms with Gasteiger partial charge in [-0.05, 0) is 27.7 Å². The number of carboxylic acid groups (broad SMARTS) is 1. The molecule has 20 heavy (non-hydrogen) atoms. The lowest BCUT2D eigenvalue weighted by Gasteiger charge is -2.35. The molecule has 6 heteroatoms. The molecule has 1 heterocycles. The van der Waals surface area contributed by atoms with Gasteiger partial charge in [-0.15, -0.1) is 0 Å². The summed E-state index contributed by atoms with van der Waals surface area (Å²) in [6.45, 7) is 9.29. The van der Waals surface area contributed by atoms with E-state index in [2.05, 4.69) is 30.8 Å². The second kappa shape index (κ2) is 6.26. The van der Waals surface area contributed by atoms with E-state index < -0.39 is 5.97 Å². The molecule has 0 saturated heterocycles. The van der Waals surface area contributed by atoms with Gasteiger partial charge in [-0.3, -0.25) is 9.69 Å². The Labute approximate surface area is 120 Å². The van der Waals surface area contributed by atoms with E-state index in [0.717, 1.165) is 17.1 Å². The van der Waals surface area contributed by atoms with Crippen LogP contribution in [0.3, 0.4) is 0 Å². The number of rotatable bonds is 6. The van der Waals surface area contributed by atoms with Crippen LogP contribution in [-0.4, -0.2) is 44.9 Å². The van der Waals surface area contributed by atoms with Crippen molar-refractivity contribution in [2.24, 2.45) is 7.05 Å². The van der Waals surface area contributed by atoms with E-state index in [4.69, 9.17) is 9.84 Å². The molecule has 0 saturated carbocycles. The standard InChI is InChI=1S/C14H25N3O3/c1-10-11(13(20-6)16(5)15-10)9-17(14(2,3)4)8-7-12(18)19/h7-9H2,1-6H3,(H,18,19). The molecular weight excluding hydrogens is 258 g/mol. The van der Waals surface area contributed by atoms with Crippen molar-refractivity contribution in [2.45, 2.75) is 46.2 Å². The SMILES string of the molecule is COc1c(CN(CCC(=O)O)C(C)(C)C)c(C)nn1C. The Kier molecular flexibility index (Phi) is 5.16. The van der Waals surface area contributed by atoms with Crippen LogP contribution in [0.25, 0.3) is 0 Å². The van der Waals surface area contributed by atoms with Gasteiger partial charge in [0.25, 0.3) is 0 Å². The molecule has 0 spiro atoms. The van der Waals surface area contributed by atoms with Crippen LogP contribution in [0.2, 0.25) is 0 Å². The largest absolute Gasteiger partial charge is 0.481 e. The molecule has 1 rings (SSSR count). The van der Waals surface area contributed by atoms with Crippen molar-refractivity contribution >= 4 is 5.97 Å². The van der Waals surface area contributed by atoms with Crippen LogP contribution in [0.5, 0.6) is 5.88 Å². The van der Waals surface area contributed by atoms with E-state index in [-0.39, 0.29) is 12.0 Å². The number of nitrogens with zero attached hydrogens (tertiary/aromatic N) is 3. The van der Waals surface area contributed by atoms with Crippen LogP contribution in [0.1, 0.15) is 38.4 Å². The Bertz CT molecular complexity index is 475. The molecule has 0 bridgehead atoms. The summed E-state index contributed by atoms with van der Waals surface area (Å²) >= 11 is 0. The molecule has 1 N–H and O–H groups in total. The summed E-state index contributed by atoms with van der Waals surface area (Å²) in [5, 5.41) is 13.2. The predicted molar refractivity (Wildman–Crippen MR) is 76.9 cm³/mol. The minimum Gasteiger partial charge on any atom is -0.481 e. The molecule has 1 aromatic rings. The zero-order valence-corrected chi connectivity index (χ0v) is 13.2. The van der Waals surface area contributed by atoms with E-state index in [1.54, 1.807) is 11.8 Å². The Morgan fingerprint density at radius 2 is 2.05 bits per heavy atom. The quantitative estimate of drug-likeness (QED) is 0.862. The number of ether oxygens (including phenoxy) is 1. The van der Waals surface area contributed by atoms with Crippen molar-refractivity contribution in [2.75, 3.05) is 13.7 Å². The molecule has 0 aliphatic rings. The number of aliphatic carboxylic acids is 1. The predicted octanol–water partition coefficient (Wildman–Crippen LogP) is 1.81. The van der Waals surface area contributed by atoms with Gasteiger partial charge in [0.15, 0.2) is 0 Å². The number of aryl methyl sites for hydroxylation is 2. The molecule has 6 nitrogen and oxygen atoms in total.